The Hall–Kier alpha value is -3.34. The number of anilines is 1. The number of nitrogens with one attached hydrogen (secondary N) is 3. The summed E-state index contributed by atoms with van der Waals surface area (Å²) >= 11 is 1.01. The monoisotopic (exact) mass is 556 g/mol. The van der Waals surface area contributed by atoms with Crippen LogP contribution in [0.2, 0.25) is 0 Å². The number of carbonyl (C=O) groups excluding carboxylic acids is 2. The van der Waals surface area contributed by atoms with Crippen molar-refractivity contribution in [2.24, 2.45) is 4.99 Å². The van der Waals surface area contributed by atoms with Crippen molar-refractivity contribution in [2.45, 2.75) is 76.9 Å². The summed E-state index contributed by atoms with van der Waals surface area (Å²) in [5, 5.41) is 13.9. The van der Waals surface area contributed by atoms with Gasteiger partial charge in [-0.05, 0) is 64.0 Å². The zero-order valence-electron chi connectivity index (χ0n) is 23.0. The third-order valence-corrected chi connectivity index (χ3v) is 7.63. The van der Waals surface area contributed by atoms with Crippen LogP contribution in [0.3, 0.4) is 0 Å². The number of halogens is 1. The zero-order valence-corrected chi connectivity index (χ0v) is 23.8. The van der Waals surface area contributed by atoms with E-state index in [0.29, 0.717) is 11.4 Å². The maximum atomic E-state index is 15.4. The van der Waals surface area contributed by atoms with Gasteiger partial charge in [0.25, 0.3) is 5.91 Å². The molecule has 0 spiro atoms. The molecule has 1 aliphatic carbocycles. The Morgan fingerprint density at radius 2 is 1.92 bits per heavy atom. The van der Waals surface area contributed by atoms with Gasteiger partial charge in [0.1, 0.15) is 33.3 Å². The fourth-order valence-corrected chi connectivity index (χ4v) is 5.63. The van der Waals surface area contributed by atoms with Crippen molar-refractivity contribution in [1.82, 2.24) is 15.2 Å². The first-order chi connectivity index (χ1) is 18.6. The molecule has 1 unspecified atom stereocenters. The van der Waals surface area contributed by atoms with Crippen LogP contribution in [0.25, 0.3) is 10.6 Å². The van der Waals surface area contributed by atoms with Crippen molar-refractivity contribution in [1.29, 1.82) is 5.41 Å². The van der Waals surface area contributed by atoms with Gasteiger partial charge in [-0.25, -0.2) is 14.2 Å². The van der Waals surface area contributed by atoms with Crippen LogP contribution >= 0.6 is 11.3 Å². The number of nitrogens with zero attached hydrogens (tertiary/aromatic N) is 3. The minimum Gasteiger partial charge on any atom is -0.444 e. The average Bonchev–Trinajstić information content (AvgIpc) is 3.68. The molecule has 1 atom stereocenters. The molecule has 2 fully saturated rings. The summed E-state index contributed by atoms with van der Waals surface area (Å²) < 4.78 is 20.8. The Morgan fingerprint density at radius 3 is 2.51 bits per heavy atom. The van der Waals surface area contributed by atoms with Gasteiger partial charge in [0.05, 0.1) is 0 Å². The molecule has 4 rings (SSSR count). The van der Waals surface area contributed by atoms with E-state index in [9.17, 15) is 9.59 Å². The van der Waals surface area contributed by atoms with Crippen molar-refractivity contribution in [3.8, 4) is 10.6 Å². The number of carbonyl (C=O) groups is 2. The molecule has 1 saturated carbocycles. The molecule has 1 aromatic heterocycles. The summed E-state index contributed by atoms with van der Waals surface area (Å²) in [5.74, 6) is -0.165. The van der Waals surface area contributed by atoms with E-state index >= 15 is 4.39 Å². The maximum absolute atomic E-state index is 15.4. The topological polar surface area (TPSA) is 120 Å². The Bertz CT molecular complexity index is 1240. The predicted molar refractivity (Wildman–Crippen MR) is 153 cm³/mol. The van der Waals surface area contributed by atoms with Crippen molar-refractivity contribution in [3.63, 3.8) is 0 Å². The lowest BCUT2D eigenvalue weighted by Gasteiger charge is -2.28. The van der Waals surface area contributed by atoms with E-state index in [-0.39, 0.29) is 33.0 Å². The first-order valence-electron chi connectivity index (χ1n) is 13.4. The molecule has 2 aliphatic rings. The van der Waals surface area contributed by atoms with Gasteiger partial charge in [0, 0.05) is 31.9 Å². The van der Waals surface area contributed by atoms with E-state index in [4.69, 9.17) is 10.1 Å². The molecule has 1 aromatic carbocycles. The molecule has 3 N–H and O–H groups in total. The first kappa shape index (κ1) is 28.7. The molecule has 2 aromatic rings. The standard InChI is InChI=1S/C28H37FN6O3S/c1-28(2,3)38-27(37)34-26-22(33-25(39-26)19-11-9-10-18(21(19)29)17-12-13-17)24(36)32-20(16-30)23(31-4)35-14-7-5-6-8-15-35/h9-11,16-17,20,30H,5-8,12-15H2,1-4H3,(H,32,36)(H,34,37). The highest BCUT2D eigenvalue weighted by atomic mass is 32.1. The Kier molecular flexibility index (Phi) is 8.99. The van der Waals surface area contributed by atoms with Gasteiger partial charge in [-0.1, -0.05) is 36.3 Å². The number of amides is 2. The van der Waals surface area contributed by atoms with Gasteiger partial charge in [-0.15, -0.1) is 0 Å². The Morgan fingerprint density at radius 1 is 1.23 bits per heavy atom. The summed E-state index contributed by atoms with van der Waals surface area (Å²) in [5.41, 5.74) is 0.0886. The normalized spacial score (nSPS) is 17.3. The van der Waals surface area contributed by atoms with Crippen LogP contribution in [-0.2, 0) is 4.74 Å². The van der Waals surface area contributed by atoms with Crippen LogP contribution in [0.5, 0.6) is 0 Å². The third kappa shape index (κ3) is 7.20. The molecule has 0 radical (unpaired) electrons. The first-order valence-corrected chi connectivity index (χ1v) is 14.3. The summed E-state index contributed by atoms with van der Waals surface area (Å²) in [6.07, 6.45) is 6.58. The second-order valence-corrected chi connectivity index (χ2v) is 11.9. The maximum Gasteiger partial charge on any atom is 0.412 e. The van der Waals surface area contributed by atoms with E-state index in [1.807, 2.05) is 0 Å². The lowest BCUT2D eigenvalue weighted by atomic mass is 10.1. The van der Waals surface area contributed by atoms with E-state index in [1.54, 1.807) is 46.0 Å². The second kappa shape index (κ2) is 12.2. The zero-order chi connectivity index (χ0) is 28.2. The predicted octanol–water partition coefficient (Wildman–Crippen LogP) is 5.83. The molecule has 9 nitrogen and oxygen atoms in total. The molecule has 1 saturated heterocycles. The lowest BCUT2D eigenvalue weighted by molar-refractivity contribution is 0.0636. The number of aliphatic imine (C=N–C) groups is 1. The van der Waals surface area contributed by atoms with Gasteiger partial charge in [-0.3, -0.25) is 15.1 Å². The van der Waals surface area contributed by atoms with E-state index in [1.165, 1.54) is 0 Å². The van der Waals surface area contributed by atoms with Gasteiger partial charge in [0.2, 0.25) is 0 Å². The minimum atomic E-state index is -0.782. The number of hydrogen-bond donors (Lipinski definition) is 3. The molecule has 0 bridgehead atoms. The number of benzene rings is 1. The average molecular weight is 557 g/mol. The minimum absolute atomic E-state index is 0.0738. The van der Waals surface area contributed by atoms with Gasteiger partial charge in [-0.2, -0.15) is 0 Å². The molecular weight excluding hydrogens is 519 g/mol. The van der Waals surface area contributed by atoms with Crippen LogP contribution in [0.1, 0.15) is 81.3 Å². The summed E-state index contributed by atoms with van der Waals surface area (Å²) in [6, 6.07) is 4.40. The highest BCUT2D eigenvalue weighted by molar-refractivity contribution is 7.19. The van der Waals surface area contributed by atoms with Crippen LogP contribution in [-0.4, -0.2) is 65.7 Å². The summed E-state index contributed by atoms with van der Waals surface area (Å²) in [6.45, 7) is 6.81. The number of ether oxygens (including phenoxy) is 1. The van der Waals surface area contributed by atoms with Crippen LogP contribution in [0.4, 0.5) is 14.2 Å². The van der Waals surface area contributed by atoms with E-state index < -0.39 is 23.6 Å². The number of aromatic nitrogens is 1. The van der Waals surface area contributed by atoms with Crippen molar-refractivity contribution in [2.75, 3.05) is 25.5 Å². The van der Waals surface area contributed by atoms with E-state index in [0.717, 1.165) is 69.2 Å². The molecule has 2 amide bonds. The fraction of sp³-hybridized carbons (Fsp3) is 0.536. The number of rotatable bonds is 7. The van der Waals surface area contributed by atoms with Crippen LogP contribution in [0, 0.1) is 11.2 Å². The van der Waals surface area contributed by atoms with Crippen LogP contribution in [0.15, 0.2) is 23.2 Å². The second-order valence-electron chi connectivity index (χ2n) is 10.9. The molecule has 1 aliphatic heterocycles. The molecule has 39 heavy (non-hydrogen) atoms. The fourth-order valence-electron chi connectivity index (χ4n) is 4.66. The number of thiazole rings is 1. The van der Waals surface area contributed by atoms with Gasteiger partial charge in [0.15, 0.2) is 5.69 Å². The van der Waals surface area contributed by atoms with Crippen LogP contribution < -0.4 is 10.6 Å². The molecule has 2 heterocycles. The SMILES string of the molecule is CN=C(C(C=N)NC(=O)c1nc(-c2cccc(C3CC3)c2F)sc1NC(=O)OC(C)(C)C)N1CCCCCC1. The Labute approximate surface area is 232 Å². The lowest BCUT2D eigenvalue weighted by Crippen LogP contribution is -2.50. The number of hydrogen-bond acceptors (Lipinski definition) is 7. The smallest absolute Gasteiger partial charge is 0.412 e. The van der Waals surface area contributed by atoms with Gasteiger partial charge < -0.3 is 20.4 Å². The number of likely N-dealkylation sites (tertiary alicyclic amines) is 1. The molecule has 210 valence electrons. The molecular formula is C28H37FN6O3S. The largest absolute Gasteiger partial charge is 0.444 e. The molecule has 11 heteroatoms. The van der Waals surface area contributed by atoms with Gasteiger partial charge >= 0.3 is 6.09 Å². The third-order valence-electron chi connectivity index (χ3n) is 6.62. The highest BCUT2D eigenvalue weighted by Gasteiger charge is 2.31. The quantitative estimate of drug-likeness (QED) is 0.293. The highest BCUT2D eigenvalue weighted by Crippen LogP contribution is 2.44. The van der Waals surface area contributed by atoms with Crippen molar-refractivity contribution >= 4 is 40.4 Å². The summed E-state index contributed by atoms with van der Waals surface area (Å²) in [4.78, 5) is 37.2. The van der Waals surface area contributed by atoms with E-state index in [2.05, 4.69) is 25.5 Å². The summed E-state index contributed by atoms with van der Waals surface area (Å²) in [7, 11) is 1.65. The number of amidine groups is 1. The Balaban J connectivity index is 1.64. The van der Waals surface area contributed by atoms with Crippen molar-refractivity contribution < 1.29 is 18.7 Å². The van der Waals surface area contributed by atoms with Crippen molar-refractivity contribution in [3.05, 3.63) is 35.3 Å².